The van der Waals surface area contributed by atoms with Crippen molar-refractivity contribution in [2.75, 3.05) is 6.54 Å². The highest BCUT2D eigenvalue weighted by molar-refractivity contribution is 6.01. The number of rotatable bonds is 9. The number of hydrogen-bond acceptors (Lipinski definition) is 5. The summed E-state index contributed by atoms with van der Waals surface area (Å²) in [6.45, 7) is 1.67. The molecule has 0 spiro atoms. The zero-order valence-electron chi connectivity index (χ0n) is 23.2. The van der Waals surface area contributed by atoms with Gasteiger partial charge in [-0.3, -0.25) is 24.5 Å². The number of carbonyl (C=O) groups excluding carboxylic acids is 3. The van der Waals surface area contributed by atoms with Crippen LogP contribution in [-0.2, 0) is 40.3 Å². The minimum Gasteiger partial charge on any atom is -0.361 e. The molecule has 2 heterocycles. The molecule has 222 valence electrons. The first-order valence-corrected chi connectivity index (χ1v) is 13.7. The predicted molar refractivity (Wildman–Crippen MR) is 154 cm³/mol. The number of nitro groups is 1. The van der Waals surface area contributed by atoms with E-state index in [1.54, 1.807) is 17.2 Å². The monoisotopic (exact) mass is 589 g/mol. The summed E-state index contributed by atoms with van der Waals surface area (Å²) in [7, 11) is 0. The average Bonchev–Trinajstić information content (AvgIpc) is 3.40. The zero-order valence-corrected chi connectivity index (χ0v) is 23.2. The maximum atomic E-state index is 13.9. The van der Waals surface area contributed by atoms with E-state index in [9.17, 15) is 33.3 Å². The average molecular weight is 590 g/mol. The molecule has 3 aromatic carbocycles. The predicted octanol–water partition coefficient (Wildman–Crippen LogP) is 3.92. The van der Waals surface area contributed by atoms with Crippen LogP contribution in [0.2, 0.25) is 0 Å². The molecule has 12 heteroatoms. The minimum absolute atomic E-state index is 0.0717. The summed E-state index contributed by atoms with van der Waals surface area (Å²) in [6.07, 6.45) is 2.39. The van der Waals surface area contributed by atoms with Gasteiger partial charge in [-0.15, -0.1) is 0 Å². The molecule has 1 aliphatic rings. The minimum atomic E-state index is -1.22. The van der Waals surface area contributed by atoms with Gasteiger partial charge in [0, 0.05) is 61.4 Å². The number of carbonyl (C=O) groups is 3. The maximum Gasteiger partial charge on any atom is 0.269 e. The Morgan fingerprint density at radius 2 is 1.77 bits per heavy atom. The second-order valence-electron chi connectivity index (χ2n) is 10.6. The first kappa shape index (κ1) is 29.4. The number of non-ortho nitro benzene ring substituents is 1. The van der Waals surface area contributed by atoms with Gasteiger partial charge in [-0.25, -0.2) is 8.78 Å². The van der Waals surface area contributed by atoms with E-state index < -0.39 is 46.2 Å². The molecule has 43 heavy (non-hydrogen) atoms. The van der Waals surface area contributed by atoms with Gasteiger partial charge in [-0.05, 0) is 53.8 Å². The molecule has 0 radical (unpaired) electrons. The Morgan fingerprint density at radius 1 is 1.02 bits per heavy atom. The van der Waals surface area contributed by atoms with Crippen molar-refractivity contribution in [2.24, 2.45) is 5.92 Å². The molecule has 10 nitrogen and oxygen atoms in total. The van der Waals surface area contributed by atoms with Crippen LogP contribution in [0.1, 0.15) is 29.2 Å². The van der Waals surface area contributed by atoms with Crippen LogP contribution in [0.3, 0.4) is 0 Å². The van der Waals surface area contributed by atoms with Crippen LogP contribution >= 0.6 is 0 Å². The smallest absolute Gasteiger partial charge is 0.269 e. The number of halogens is 2. The second kappa shape index (κ2) is 12.4. The zero-order chi connectivity index (χ0) is 30.7. The largest absolute Gasteiger partial charge is 0.361 e. The molecule has 4 aromatic rings. The quantitative estimate of drug-likeness (QED) is 0.154. The third-order valence-electron chi connectivity index (χ3n) is 7.61. The third kappa shape index (κ3) is 6.69. The molecule has 1 aliphatic heterocycles. The Bertz CT molecular complexity index is 1700. The second-order valence-corrected chi connectivity index (χ2v) is 10.6. The van der Waals surface area contributed by atoms with Gasteiger partial charge in [-0.2, -0.15) is 0 Å². The lowest BCUT2D eigenvalue weighted by atomic mass is 9.97. The number of amides is 3. The number of nitrogens with one attached hydrogen (secondary N) is 3. The summed E-state index contributed by atoms with van der Waals surface area (Å²) in [6, 6.07) is 13.9. The fourth-order valence-corrected chi connectivity index (χ4v) is 5.26. The SMILES string of the molecule is CC(C(=O)NCc1cc(F)cc(F)c1)C(=O)NC(Cc1c[nH]c2ccccc12)C(=O)N1CCc2ccc([N+](=O)[O-])cc2C1. The molecule has 0 saturated heterocycles. The fourth-order valence-electron chi connectivity index (χ4n) is 5.26. The van der Waals surface area contributed by atoms with Crippen LogP contribution in [-0.4, -0.2) is 45.1 Å². The van der Waals surface area contributed by atoms with E-state index in [0.29, 0.717) is 24.6 Å². The first-order chi connectivity index (χ1) is 20.6. The van der Waals surface area contributed by atoms with Gasteiger partial charge in [0.05, 0.1) is 4.92 Å². The van der Waals surface area contributed by atoms with Crippen molar-refractivity contribution >= 4 is 34.3 Å². The van der Waals surface area contributed by atoms with Crippen LogP contribution in [0.25, 0.3) is 10.9 Å². The highest BCUT2D eigenvalue weighted by Gasteiger charge is 2.32. The van der Waals surface area contributed by atoms with E-state index in [4.69, 9.17) is 0 Å². The van der Waals surface area contributed by atoms with E-state index in [1.165, 1.54) is 19.1 Å². The lowest BCUT2D eigenvalue weighted by Gasteiger charge is -2.32. The Labute approximate surface area is 245 Å². The van der Waals surface area contributed by atoms with Crippen molar-refractivity contribution in [1.82, 2.24) is 20.5 Å². The highest BCUT2D eigenvalue weighted by atomic mass is 19.1. The number of nitro benzene ring substituents is 1. The Morgan fingerprint density at radius 3 is 2.51 bits per heavy atom. The van der Waals surface area contributed by atoms with Crippen LogP contribution in [0.5, 0.6) is 0 Å². The van der Waals surface area contributed by atoms with Crippen molar-refractivity contribution < 1.29 is 28.1 Å². The van der Waals surface area contributed by atoms with E-state index in [2.05, 4.69) is 15.6 Å². The Kier molecular flexibility index (Phi) is 8.46. The molecule has 0 aliphatic carbocycles. The number of para-hydroxylation sites is 1. The summed E-state index contributed by atoms with van der Waals surface area (Å²) in [5.74, 6) is -4.57. The maximum absolute atomic E-state index is 13.9. The molecule has 0 fully saturated rings. The Hall–Kier alpha value is -5.13. The van der Waals surface area contributed by atoms with E-state index in [-0.39, 0.29) is 30.8 Å². The standard InChI is InChI=1S/C31H29F2N5O5/c1-18(29(39)35-15-19-10-23(32)14-24(33)11-19)30(40)36-28(13-21-16-34-27-5-3-2-4-26(21)27)31(41)37-9-8-20-6-7-25(38(42)43)12-22(20)17-37/h2-7,10-12,14,16,18,28,34H,8-9,13,15,17H2,1H3,(H,35,39)(H,36,40). The van der Waals surface area contributed by atoms with Gasteiger partial charge in [-0.1, -0.05) is 24.3 Å². The molecule has 2 atom stereocenters. The van der Waals surface area contributed by atoms with E-state index in [1.807, 2.05) is 24.3 Å². The number of hydrogen-bond donors (Lipinski definition) is 3. The summed E-state index contributed by atoms with van der Waals surface area (Å²) >= 11 is 0. The third-order valence-corrected chi connectivity index (χ3v) is 7.61. The number of aromatic nitrogens is 1. The van der Waals surface area contributed by atoms with Crippen LogP contribution in [0.15, 0.2) is 66.9 Å². The van der Waals surface area contributed by atoms with Crippen LogP contribution in [0, 0.1) is 27.7 Å². The molecule has 0 saturated carbocycles. The number of H-pyrrole nitrogens is 1. The number of benzene rings is 3. The summed E-state index contributed by atoms with van der Waals surface area (Å²) in [5.41, 5.74) is 3.33. The molecular weight excluding hydrogens is 560 g/mol. The van der Waals surface area contributed by atoms with Crippen molar-refractivity contribution in [3.05, 3.63) is 111 Å². The molecule has 3 N–H and O–H groups in total. The molecule has 0 bridgehead atoms. The molecule has 1 aromatic heterocycles. The van der Waals surface area contributed by atoms with Gasteiger partial charge < -0.3 is 20.5 Å². The van der Waals surface area contributed by atoms with Crippen molar-refractivity contribution in [3.8, 4) is 0 Å². The van der Waals surface area contributed by atoms with Crippen molar-refractivity contribution in [3.63, 3.8) is 0 Å². The molecule has 5 rings (SSSR count). The van der Waals surface area contributed by atoms with E-state index in [0.717, 1.165) is 34.2 Å². The number of nitrogens with zero attached hydrogens (tertiary/aromatic N) is 2. The van der Waals surface area contributed by atoms with Gasteiger partial charge in [0.15, 0.2) is 0 Å². The molecule has 3 amide bonds. The molecular formula is C31H29F2N5O5. The van der Waals surface area contributed by atoms with Crippen LogP contribution < -0.4 is 10.6 Å². The summed E-state index contributed by atoms with van der Waals surface area (Å²) < 4.78 is 27.0. The fraction of sp³-hybridized carbons (Fsp3) is 0.258. The van der Waals surface area contributed by atoms with Gasteiger partial charge >= 0.3 is 0 Å². The first-order valence-electron chi connectivity index (χ1n) is 13.7. The lowest BCUT2D eigenvalue weighted by molar-refractivity contribution is -0.385. The topological polar surface area (TPSA) is 137 Å². The Balaban J connectivity index is 1.33. The number of aromatic amines is 1. The van der Waals surface area contributed by atoms with Crippen LogP contribution in [0.4, 0.5) is 14.5 Å². The van der Waals surface area contributed by atoms with Gasteiger partial charge in [0.25, 0.3) is 5.69 Å². The van der Waals surface area contributed by atoms with Gasteiger partial charge in [0.1, 0.15) is 23.6 Å². The van der Waals surface area contributed by atoms with E-state index >= 15 is 0 Å². The van der Waals surface area contributed by atoms with Crippen molar-refractivity contribution in [2.45, 2.75) is 38.9 Å². The normalized spacial score (nSPS) is 14.1. The summed E-state index contributed by atoms with van der Waals surface area (Å²) in [4.78, 5) is 55.5. The highest BCUT2D eigenvalue weighted by Crippen LogP contribution is 2.25. The van der Waals surface area contributed by atoms with Gasteiger partial charge in [0.2, 0.25) is 17.7 Å². The molecule has 2 unspecified atom stereocenters. The lowest BCUT2D eigenvalue weighted by Crippen LogP contribution is -2.53. The summed E-state index contributed by atoms with van der Waals surface area (Å²) in [5, 5.41) is 17.4. The van der Waals surface area contributed by atoms with Crippen molar-refractivity contribution in [1.29, 1.82) is 0 Å². The number of fused-ring (bicyclic) bond motifs is 2.